The first kappa shape index (κ1) is 37.2. The molecule has 0 saturated heterocycles. The lowest BCUT2D eigenvalue weighted by atomic mass is 9.64. The highest BCUT2D eigenvalue weighted by molar-refractivity contribution is 5.35. The molecule has 6 atom stereocenters. The largest absolute Gasteiger partial charge is 0.421 e. The number of hydrogen-bond donors (Lipinski definition) is 0. The maximum absolute atomic E-state index is 14.3. The summed E-state index contributed by atoms with van der Waals surface area (Å²) in [6, 6.07) is 0. The van der Waals surface area contributed by atoms with Crippen molar-refractivity contribution in [3.05, 3.63) is 31.5 Å². The maximum atomic E-state index is 14.3. The number of aliphatic imine (C=N–C) groups is 1. The van der Waals surface area contributed by atoms with Gasteiger partial charge in [0.15, 0.2) is 0 Å². The van der Waals surface area contributed by atoms with Gasteiger partial charge < -0.3 is 9.47 Å². The first-order valence-corrected chi connectivity index (χ1v) is 17.2. The summed E-state index contributed by atoms with van der Waals surface area (Å²) in [6.07, 6.45) is 11.0. The van der Waals surface area contributed by atoms with Gasteiger partial charge in [-0.05, 0) is 113 Å². The van der Waals surface area contributed by atoms with Crippen LogP contribution in [-0.4, -0.2) is 36.5 Å². The van der Waals surface area contributed by atoms with Crippen LogP contribution < -0.4 is 17.1 Å². The van der Waals surface area contributed by atoms with E-state index in [4.69, 9.17) is 9.47 Å². The molecule has 12 heteroatoms. The zero-order valence-corrected chi connectivity index (χ0v) is 30.4. The second kappa shape index (κ2) is 13.0. The fourth-order valence-electron chi connectivity index (χ4n) is 10.8. The van der Waals surface area contributed by atoms with E-state index in [0.717, 1.165) is 0 Å². The Balaban J connectivity index is 1.81. The van der Waals surface area contributed by atoms with E-state index in [-0.39, 0.29) is 53.6 Å². The molecule has 3 saturated carbocycles. The molecule has 4 rings (SSSR count). The number of nitriles is 2. The molecule has 0 N–H and O–H groups in total. The Morgan fingerprint density at radius 3 is 1.27 bits per heavy atom. The van der Waals surface area contributed by atoms with Crippen LogP contribution in [0.3, 0.4) is 0 Å². The van der Waals surface area contributed by atoms with Crippen LogP contribution in [0.4, 0.5) is 0 Å². The minimum Gasteiger partial charge on any atom is -0.421 e. The van der Waals surface area contributed by atoms with Gasteiger partial charge in [0.05, 0.1) is 5.54 Å². The summed E-state index contributed by atoms with van der Waals surface area (Å²) in [5.74, 6) is -0.462. The van der Waals surface area contributed by atoms with Crippen molar-refractivity contribution in [2.45, 2.75) is 156 Å². The molecule has 6 unspecified atom stereocenters. The van der Waals surface area contributed by atoms with E-state index in [1.54, 1.807) is 6.08 Å². The lowest BCUT2D eigenvalue weighted by Crippen LogP contribution is -2.57. The van der Waals surface area contributed by atoms with E-state index in [1.165, 1.54) is 13.7 Å². The number of rotatable bonds is 9. The molecular formula is C36H54N6O6. The van der Waals surface area contributed by atoms with Gasteiger partial charge in [0.2, 0.25) is 6.08 Å². The number of ether oxygens (including phenoxy) is 2. The van der Waals surface area contributed by atoms with Gasteiger partial charge in [0.25, 0.3) is 12.5 Å². The number of carbonyl (C=O) groups excluding carboxylic acids is 1. The Kier molecular flexibility index (Phi) is 10.1. The van der Waals surface area contributed by atoms with Crippen LogP contribution in [0, 0.1) is 57.0 Å². The summed E-state index contributed by atoms with van der Waals surface area (Å²) in [7, 11) is 0. The molecule has 0 aliphatic heterocycles. The van der Waals surface area contributed by atoms with Crippen molar-refractivity contribution in [1.82, 2.24) is 13.7 Å². The molecule has 0 aromatic carbocycles. The minimum atomic E-state index is -0.742. The average molecular weight is 667 g/mol. The van der Waals surface area contributed by atoms with E-state index in [2.05, 4.69) is 46.5 Å². The highest BCUT2D eigenvalue weighted by Crippen LogP contribution is 2.48. The van der Waals surface area contributed by atoms with Gasteiger partial charge in [-0.25, -0.2) is 32.9 Å². The number of isocyanates is 1. The molecular weight excluding hydrogens is 612 g/mol. The normalized spacial score (nSPS) is 33.8. The summed E-state index contributed by atoms with van der Waals surface area (Å²) in [5.41, 5.74) is -4.74. The summed E-state index contributed by atoms with van der Waals surface area (Å²) in [5, 5.41) is 18.7. The summed E-state index contributed by atoms with van der Waals surface area (Å²) < 4.78 is 14.7. The lowest BCUT2D eigenvalue weighted by Gasteiger charge is -2.45. The van der Waals surface area contributed by atoms with Crippen molar-refractivity contribution in [1.29, 1.82) is 10.5 Å². The second-order valence-electron chi connectivity index (χ2n) is 18.5. The lowest BCUT2D eigenvalue weighted by molar-refractivity contribution is -0.0534. The van der Waals surface area contributed by atoms with Crippen molar-refractivity contribution in [3.8, 4) is 12.5 Å². The van der Waals surface area contributed by atoms with E-state index in [9.17, 15) is 29.7 Å². The van der Waals surface area contributed by atoms with Crippen LogP contribution in [-0.2, 0) is 33.9 Å². The van der Waals surface area contributed by atoms with Crippen molar-refractivity contribution in [2.24, 2.45) is 39.0 Å². The Hall–Kier alpha value is -3.63. The Bertz CT molecular complexity index is 1610. The van der Waals surface area contributed by atoms with Gasteiger partial charge in [-0.1, -0.05) is 41.5 Å². The third-order valence-corrected chi connectivity index (χ3v) is 10.9. The van der Waals surface area contributed by atoms with Crippen molar-refractivity contribution in [2.75, 3.05) is 0 Å². The van der Waals surface area contributed by atoms with Crippen LogP contribution in [0.5, 0.6) is 0 Å². The molecule has 1 aromatic rings. The van der Waals surface area contributed by atoms with Gasteiger partial charge in [0, 0.05) is 19.6 Å². The van der Waals surface area contributed by atoms with E-state index in [0.29, 0.717) is 57.8 Å². The fraction of sp³-hybridized carbons (Fsp3) is 0.833. The molecule has 0 radical (unpaired) electrons. The Labute approximate surface area is 283 Å². The Morgan fingerprint density at radius 1 is 0.604 bits per heavy atom. The quantitative estimate of drug-likeness (QED) is 0.196. The highest BCUT2D eigenvalue weighted by atomic mass is 16.5. The van der Waals surface area contributed by atoms with E-state index < -0.39 is 33.8 Å². The first-order valence-electron chi connectivity index (χ1n) is 17.2. The third-order valence-electron chi connectivity index (χ3n) is 10.9. The molecule has 12 nitrogen and oxygen atoms in total. The van der Waals surface area contributed by atoms with Gasteiger partial charge in [-0.2, -0.15) is 15.5 Å². The second-order valence-corrected chi connectivity index (χ2v) is 18.5. The molecule has 3 fully saturated rings. The van der Waals surface area contributed by atoms with Crippen molar-refractivity contribution < 1.29 is 14.3 Å². The van der Waals surface area contributed by atoms with Gasteiger partial charge in [-0.15, -0.1) is 0 Å². The summed E-state index contributed by atoms with van der Waals surface area (Å²) in [4.78, 5) is 58.3. The minimum absolute atomic E-state index is 0.0838. The smallest absolute Gasteiger partial charge is 0.336 e. The predicted molar refractivity (Wildman–Crippen MR) is 179 cm³/mol. The van der Waals surface area contributed by atoms with Crippen LogP contribution in [0.2, 0.25) is 0 Å². The van der Waals surface area contributed by atoms with E-state index in [1.807, 2.05) is 33.3 Å². The molecule has 1 heterocycles. The molecule has 0 bridgehead atoms. The number of aromatic nitrogens is 3. The van der Waals surface area contributed by atoms with Crippen molar-refractivity contribution >= 4 is 6.08 Å². The predicted octanol–water partition coefficient (Wildman–Crippen LogP) is 5.26. The van der Waals surface area contributed by atoms with Gasteiger partial charge in [-0.3, -0.25) is 0 Å². The standard InChI is InChI=1S/C36H54N6O6/c1-31(2)10-25(13-34(7,19-31)39-24-43)16-40-28(44)41(17-26-11-32(3,4)20-35(8,14-26)47-22-37)30(46)42(29(40)45)18-27-12-33(5,6)21-36(9,15-27)48-23-38/h25-27H,10-21H2,1-9H3. The first-order chi connectivity index (χ1) is 22.1. The molecule has 264 valence electrons. The SMILES string of the molecule is CC1(C)CC(Cn2c(=O)n(CC3CC(C)(C)CC(C)(OC#N)C3)c(=O)n(CC3CC(C)(C)CC(C)(OC#N)C3)c2=O)CC(C)(N=C=O)C1. The number of nitrogens with zero attached hydrogens (tertiary/aromatic N) is 6. The van der Waals surface area contributed by atoms with Crippen molar-refractivity contribution in [3.63, 3.8) is 0 Å². The Morgan fingerprint density at radius 2 is 0.938 bits per heavy atom. The monoisotopic (exact) mass is 666 g/mol. The van der Waals surface area contributed by atoms with Gasteiger partial charge in [0.1, 0.15) is 11.2 Å². The average Bonchev–Trinajstić information content (AvgIpc) is 2.88. The molecule has 48 heavy (non-hydrogen) atoms. The summed E-state index contributed by atoms with van der Waals surface area (Å²) in [6.45, 7) is 18.5. The third kappa shape index (κ3) is 8.50. The van der Waals surface area contributed by atoms with Crippen LogP contribution in [0.25, 0.3) is 0 Å². The zero-order chi connectivity index (χ0) is 35.9. The summed E-state index contributed by atoms with van der Waals surface area (Å²) >= 11 is 0. The van der Waals surface area contributed by atoms with Crippen LogP contribution in [0.15, 0.2) is 19.4 Å². The van der Waals surface area contributed by atoms with E-state index >= 15 is 0 Å². The fourth-order valence-corrected chi connectivity index (χ4v) is 10.8. The van der Waals surface area contributed by atoms with Gasteiger partial charge >= 0.3 is 17.1 Å². The topological polar surface area (TPSA) is 161 Å². The molecule has 3 aliphatic carbocycles. The highest BCUT2D eigenvalue weighted by Gasteiger charge is 2.46. The molecule has 0 spiro atoms. The molecule has 1 aromatic heterocycles. The molecule has 0 amide bonds. The number of hydrogen-bond acceptors (Lipinski definition) is 9. The maximum Gasteiger partial charge on any atom is 0.336 e. The molecule has 3 aliphatic rings. The van der Waals surface area contributed by atoms with Crippen LogP contribution in [0.1, 0.15) is 120 Å². The zero-order valence-electron chi connectivity index (χ0n) is 30.4. The van der Waals surface area contributed by atoms with Crippen LogP contribution >= 0.6 is 0 Å².